The lowest BCUT2D eigenvalue weighted by molar-refractivity contribution is -0.130. The molecule has 0 heterocycles. The Morgan fingerprint density at radius 3 is 2.45 bits per heavy atom. The van der Waals surface area contributed by atoms with Crippen molar-refractivity contribution in [2.75, 3.05) is 20.2 Å². The lowest BCUT2D eigenvalue weighted by Crippen LogP contribution is -2.28. The van der Waals surface area contributed by atoms with E-state index in [2.05, 4.69) is 10.1 Å². The third kappa shape index (κ3) is 7.84. The Hall–Kier alpha value is -3.23. The summed E-state index contributed by atoms with van der Waals surface area (Å²) in [7, 11) is 1.63. The highest BCUT2D eigenvalue weighted by atomic mass is 19.3. The molecular weight excluding hydrogens is 413 g/mol. The van der Waals surface area contributed by atoms with Gasteiger partial charge in [-0.15, -0.1) is 0 Å². The fraction of sp³-hybridized carbons (Fsp3) is 0.364. The number of nitrogens with one attached hydrogen (secondary N) is 1. The van der Waals surface area contributed by atoms with Gasteiger partial charge in [0.05, 0.1) is 6.61 Å². The smallest absolute Gasteiger partial charge is 0.387 e. The fourth-order valence-corrected chi connectivity index (χ4v) is 2.81. The topological polar surface area (TPSA) is 67.9 Å². The van der Waals surface area contributed by atoms with Crippen LogP contribution in [0.5, 0.6) is 11.5 Å². The second kappa shape index (κ2) is 11.8. The van der Waals surface area contributed by atoms with Crippen molar-refractivity contribution < 1.29 is 32.2 Å². The number of ether oxygens (including phenoxy) is 2. The molecule has 0 unspecified atom stereocenters. The number of hydrogen-bond acceptors (Lipinski definition) is 4. The van der Waals surface area contributed by atoms with Gasteiger partial charge in [-0.2, -0.15) is 8.78 Å². The van der Waals surface area contributed by atoms with Crippen LogP contribution < -0.4 is 14.8 Å². The van der Waals surface area contributed by atoms with Gasteiger partial charge in [0, 0.05) is 32.1 Å². The Morgan fingerprint density at radius 1 is 1.10 bits per heavy atom. The quantitative estimate of drug-likeness (QED) is 0.539. The van der Waals surface area contributed by atoms with Crippen LogP contribution >= 0.6 is 0 Å². The molecule has 2 aromatic rings. The van der Waals surface area contributed by atoms with Crippen LogP contribution in [0.25, 0.3) is 0 Å². The summed E-state index contributed by atoms with van der Waals surface area (Å²) in [5, 5.41) is 2.68. The summed E-state index contributed by atoms with van der Waals surface area (Å²) in [6, 6.07) is 9.72. The van der Waals surface area contributed by atoms with Crippen molar-refractivity contribution in [2.24, 2.45) is 0 Å². The molecule has 168 valence electrons. The molecule has 0 aliphatic carbocycles. The van der Waals surface area contributed by atoms with Gasteiger partial charge in [0.15, 0.2) is 11.5 Å². The van der Waals surface area contributed by atoms with Crippen LogP contribution in [0, 0.1) is 5.82 Å². The molecule has 0 atom stereocenters. The maximum absolute atomic E-state index is 12.9. The largest absolute Gasteiger partial charge is 0.490 e. The monoisotopic (exact) mass is 438 g/mol. The predicted octanol–water partition coefficient (Wildman–Crippen LogP) is 3.99. The van der Waals surface area contributed by atoms with Gasteiger partial charge in [-0.3, -0.25) is 9.59 Å². The minimum Gasteiger partial charge on any atom is -0.490 e. The van der Waals surface area contributed by atoms with Crippen LogP contribution in [0.1, 0.15) is 35.7 Å². The zero-order valence-electron chi connectivity index (χ0n) is 17.4. The third-order valence-corrected chi connectivity index (χ3v) is 4.33. The normalized spacial score (nSPS) is 10.6. The highest BCUT2D eigenvalue weighted by Crippen LogP contribution is 2.30. The molecule has 0 radical (unpaired) electrons. The molecule has 2 amide bonds. The van der Waals surface area contributed by atoms with Gasteiger partial charge in [-0.25, -0.2) is 4.39 Å². The van der Waals surface area contributed by atoms with E-state index in [1.807, 2.05) is 0 Å². The first kappa shape index (κ1) is 24.0. The molecule has 0 aromatic heterocycles. The molecule has 6 nitrogen and oxygen atoms in total. The van der Waals surface area contributed by atoms with E-state index in [0.717, 1.165) is 0 Å². The first-order valence-corrected chi connectivity index (χ1v) is 9.78. The summed E-state index contributed by atoms with van der Waals surface area (Å²) in [4.78, 5) is 25.8. The van der Waals surface area contributed by atoms with Crippen LogP contribution in [0.4, 0.5) is 13.2 Å². The molecule has 0 aliphatic heterocycles. The Kier molecular flexibility index (Phi) is 9.17. The Labute approximate surface area is 178 Å². The van der Waals surface area contributed by atoms with E-state index >= 15 is 0 Å². The van der Waals surface area contributed by atoms with Crippen molar-refractivity contribution in [2.45, 2.75) is 32.9 Å². The second-order valence-electron chi connectivity index (χ2n) is 6.71. The number of benzene rings is 2. The molecule has 0 aliphatic rings. The molecule has 0 bridgehead atoms. The average molecular weight is 438 g/mol. The van der Waals surface area contributed by atoms with E-state index in [0.29, 0.717) is 24.1 Å². The molecule has 1 N–H and O–H groups in total. The van der Waals surface area contributed by atoms with Gasteiger partial charge in [0.2, 0.25) is 5.91 Å². The van der Waals surface area contributed by atoms with Gasteiger partial charge in [-0.1, -0.05) is 6.07 Å². The molecule has 9 heteroatoms. The lowest BCUT2D eigenvalue weighted by atomic mass is 10.1. The lowest BCUT2D eigenvalue weighted by Gasteiger charge is -2.19. The zero-order valence-corrected chi connectivity index (χ0v) is 17.4. The van der Waals surface area contributed by atoms with Gasteiger partial charge < -0.3 is 19.7 Å². The first-order valence-electron chi connectivity index (χ1n) is 9.78. The van der Waals surface area contributed by atoms with E-state index in [4.69, 9.17) is 4.74 Å². The minimum atomic E-state index is -2.96. The number of halogens is 3. The van der Waals surface area contributed by atoms with E-state index in [1.54, 1.807) is 26.1 Å². The van der Waals surface area contributed by atoms with Crippen LogP contribution in [0.2, 0.25) is 0 Å². The minimum absolute atomic E-state index is 0.0634. The molecule has 0 fully saturated rings. The molecule has 2 rings (SSSR count). The first-order chi connectivity index (χ1) is 14.8. The third-order valence-electron chi connectivity index (χ3n) is 4.33. The number of rotatable bonds is 11. The summed E-state index contributed by atoms with van der Waals surface area (Å²) in [6.07, 6.45) is 0.645. The van der Waals surface area contributed by atoms with Crippen molar-refractivity contribution in [3.05, 3.63) is 59.4 Å². The van der Waals surface area contributed by atoms with Crippen LogP contribution in [-0.2, 0) is 11.3 Å². The average Bonchev–Trinajstić information content (AvgIpc) is 2.73. The maximum Gasteiger partial charge on any atom is 0.387 e. The van der Waals surface area contributed by atoms with E-state index in [-0.39, 0.29) is 42.9 Å². The van der Waals surface area contributed by atoms with Gasteiger partial charge in [0.25, 0.3) is 5.91 Å². The summed E-state index contributed by atoms with van der Waals surface area (Å²) < 4.78 is 47.7. The van der Waals surface area contributed by atoms with Crippen molar-refractivity contribution in [3.63, 3.8) is 0 Å². The number of amides is 2. The number of carbonyl (C=O) groups is 2. The van der Waals surface area contributed by atoms with Gasteiger partial charge in [0.1, 0.15) is 5.82 Å². The summed E-state index contributed by atoms with van der Waals surface area (Å²) in [5.41, 5.74) is 1.04. The zero-order chi connectivity index (χ0) is 22.8. The van der Waals surface area contributed by atoms with E-state index in [1.165, 1.54) is 35.2 Å². The molecular formula is C22H25F3N2O4. The van der Waals surface area contributed by atoms with Crippen molar-refractivity contribution in [1.29, 1.82) is 0 Å². The van der Waals surface area contributed by atoms with Crippen LogP contribution in [0.15, 0.2) is 42.5 Å². The SMILES string of the molecule is CCOc1cc(CN(C)C(=O)CCCNC(=O)c2ccc(F)cc2)ccc1OC(F)F. The molecule has 31 heavy (non-hydrogen) atoms. The molecule has 0 saturated heterocycles. The van der Waals surface area contributed by atoms with E-state index < -0.39 is 12.4 Å². The van der Waals surface area contributed by atoms with Gasteiger partial charge >= 0.3 is 6.61 Å². The standard InChI is InChI=1S/C22H25F3N2O4/c1-3-30-19-13-15(6-11-18(19)31-22(24)25)14-27(2)20(28)5-4-12-26-21(29)16-7-9-17(23)10-8-16/h6-11,13,22H,3-5,12,14H2,1-2H3,(H,26,29). The second-order valence-corrected chi connectivity index (χ2v) is 6.71. The number of carbonyl (C=O) groups excluding carboxylic acids is 2. The fourth-order valence-electron chi connectivity index (χ4n) is 2.81. The number of nitrogens with zero attached hydrogens (tertiary/aromatic N) is 1. The highest BCUT2D eigenvalue weighted by Gasteiger charge is 2.14. The molecule has 2 aromatic carbocycles. The van der Waals surface area contributed by atoms with Crippen molar-refractivity contribution >= 4 is 11.8 Å². The summed E-state index contributed by atoms with van der Waals surface area (Å²) in [6.45, 7) is -0.400. The number of hydrogen-bond donors (Lipinski definition) is 1. The van der Waals surface area contributed by atoms with Gasteiger partial charge in [-0.05, 0) is 55.3 Å². The van der Waals surface area contributed by atoms with E-state index in [9.17, 15) is 22.8 Å². The maximum atomic E-state index is 12.9. The highest BCUT2D eigenvalue weighted by molar-refractivity contribution is 5.94. The summed E-state index contributed by atoms with van der Waals surface area (Å²) in [5.74, 6) is -0.775. The van der Waals surface area contributed by atoms with Crippen LogP contribution in [-0.4, -0.2) is 43.5 Å². The Bertz CT molecular complexity index is 876. The Balaban J connectivity index is 1.81. The summed E-state index contributed by atoms with van der Waals surface area (Å²) >= 11 is 0. The van der Waals surface area contributed by atoms with Crippen LogP contribution in [0.3, 0.4) is 0 Å². The number of alkyl halides is 2. The predicted molar refractivity (Wildman–Crippen MR) is 109 cm³/mol. The molecule has 0 saturated carbocycles. The molecule has 0 spiro atoms. The Morgan fingerprint density at radius 2 is 1.81 bits per heavy atom. The van der Waals surface area contributed by atoms with Crippen molar-refractivity contribution in [3.8, 4) is 11.5 Å². The van der Waals surface area contributed by atoms with Crippen molar-refractivity contribution in [1.82, 2.24) is 10.2 Å².